The molecule has 1 saturated heterocycles. The van der Waals surface area contributed by atoms with Gasteiger partial charge in [0.25, 0.3) is 0 Å². The molecule has 1 heterocycles. The van der Waals surface area contributed by atoms with Gasteiger partial charge in [-0.3, -0.25) is 4.79 Å². The van der Waals surface area contributed by atoms with E-state index in [-0.39, 0.29) is 23.6 Å². The monoisotopic (exact) mass is 411 g/mol. The van der Waals surface area contributed by atoms with Gasteiger partial charge >= 0.3 is 0 Å². The minimum absolute atomic E-state index is 0.0450. The number of hydrogen-bond acceptors (Lipinski definition) is 3. The van der Waals surface area contributed by atoms with Gasteiger partial charge in [-0.25, -0.2) is 0 Å². The summed E-state index contributed by atoms with van der Waals surface area (Å²) in [4.78, 5) is 15.1. The Balaban J connectivity index is 2.02. The van der Waals surface area contributed by atoms with Gasteiger partial charge in [0, 0.05) is 19.8 Å². The highest BCUT2D eigenvalue weighted by molar-refractivity contribution is 6.76. The van der Waals surface area contributed by atoms with E-state index in [2.05, 4.69) is 25.7 Å². The molecule has 0 bridgehead atoms. The van der Waals surface area contributed by atoms with Crippen molar-refractivity contribution >= 4 is 19.7 Å². The van der Waals surface area contributed by atoms with Gasteiger partial charge in [-0.05, 0) is 61.6 Å². The lowest BCUT2D eigenvalue weighted by atomic mass is 9.79. The number of methoxy groups -OCH3 is 1. The van der Waals surface area contributed by atoms with Gasteiger partial charge in [0.05, 0.1) is 19.1 Å². The largest absolute Gasteiger partial charge is 0.508 e. The molecule has 4 nitrogen and oxygen atoms in total. The van der Waals surface area contributed by atoms with Crippen molar-refractivity contribution in [2.45, 2.75) is 58.9 Å². The molecule has 0 aliphatic carbocycles. The summed E-state index contributed by atoms with van der Waals surface area (Å²) in [6.07, 6.45) is 0.895. The fourth-order valence-electron chi connectivity index (χ4n) is 4.06. The van der Waals surface area contributed by atoms with E-state index in [1.807, 2.05) is 49.9 Å². The number of phenols is 1. The number of anilines is 1. The minimum atomic E-state index is -1.25. The van der Waals surface area contributed by atoms with Crippen LogP contribution in [0.1, 0.15) is 34.7 Å². The molecule has 156 valence electrons. The maximum Gasteiger partial charge on any atom is 0.233 e. The van der Waals surface area contributed by atoms with E-state index in [9.17, 15) is 9.90 Å². The number of amides is 1. The molecule has 0 spiro atoms. The summed E-state index contributed by atoms with van der Waals surface area (Å²) in [5, 5.41) is 10.3. The van der Waals surface area contributed by atoms with Crippen LogP contribution >= 0.6 is 0 Å². The van der Waals surface area contributed by atoms with Crippen LogP contribution in [0, 0.1) is 26.7 Å². The first-order chi connectivity index (χ1) is 13.5. The average Bonchev–Trinajstić information content (AvgIpc) is 2.63. The summed E-state index contributed by atoms with van der Waals surface area (Å²) in [5.41, 5.74) is 4.89. The van der Waals surface area contributed by atoms with Crippen LogP contribution in [0.15, 0.2) is 30.3 Å². The third-order valence-corrected chi connectivity index (χ3v) is 7.89. The van der Waals surface area contributed by atoms with Crippen LogP contribution < -0.4 is 9.64 Å². The molecule has 3 rings (SSSR count). The maximum absolute atomic E-state index is 13.2. The molecule has 0 radical (unpaired) electrons. The topological polar surface area (TPSA) is 49.8 Å². The summed E-state index contributed by atoms with van der Waals surface area (Å²) >= 11 is 0. The Morgan fingerprint density at radius 1 is 1.07 bits per heavy atom. The van der Waals surface area contributed by atoms with E-state index >= 15 is 0 Å². The second-order valence-electron chi connectivity index (χ2n) is 9.49. The van der Waals surface area contributed by atoms with Crippen molar-refractivity contribution in [1.29, 1.82) is 0 Å². The Kier molecular flexibility index (Phi) is 5.81. The van der Waals surface area contributed by atoms with Gasteiger partial charge in [0.1, 0.15) is 11.5 Å². The number of phenolic OH excluding ortho intramolecular Hbond substituents is 1. The van der Waals surface area contributed by atoms with Crippen LogP contribution in [0.2, 0.25) is 25.7 Å². The Labute approximate surface area is 175 Å². The van der Waals surface area contributed by atoms with E-state index in [0.717, 1.165) is 46.2 Å². The Morgan fingerprint density at radius 3 is 2.34 bits per heavy atom. The van der Waals surface area contributed by atoms with Crippen LogP contribution in [0.3, 0.4) is 0 Å². The zero-order valence-corrected chi connectivity index (χ0v) is 19.7. The highest BCUT2D eigenvalue weighted by Crippen LogP contribution is 2.48. The third-order valence-electron chi connectivity index (χ3n) is 6.10. The molecule has 0 unspecified atom stereocenters. The van der Waals surface area contributed by atoms with Gasteiger partial charge < -0.3 is 14.7 Å². The zero-order valence-electron chi connectivity index (χ0n) is 18.7. The lowest BCUT2D eigenvalue weighted by molar-refractivity contribution is -0.130. The van der Waals surface area contributed by atoms with E-state index in [1.165, 1.54) is 0 Å². The molecular weight excluding hydrogens is 378 g/mol. The highest BCUT2D eigenvalue weighted by Gasteiger charge is 2.49. The average molecular weight is 412 g/mol. The molecular formula is C24H33NO3Si. The number of hydrogen-bond donors (Lipinski definition) is 1. The van der Waals surface area contributed by atoms with Crippen LogP contribution in [0.5, 0.6) is 11.5 Å². The third kappa shape index (κ3) is 4.20. The van der Waals surface area contributed by atoms with Crippen molar-refractivity contribution in [3.8, 4) is 11.5 Å². The van der Waals surface area contributed by atoms with E-state index in [0.29, 0.717) is 0 Å². The number of rotatable bonds is 6. The summed E-state index contributed by atoms with van der Waals surface area (Å²) < 4.78 is 5.54. The normalized spacial score (nSPS) is 19.3. The lowest BCUT2D eigenvalue weighted by Crippen LogP contribution is -2.55. The molecule has 29 heavy (non-hydrogen) atoms. The molecule has 0 aromatic heterocycles. The fraction of sp³-hybridized carbons (Fsp3) is 0.458. The Hall–Kier alpha value is -2.27. The number of nitrogens with zero attached hydrogens (tertiary/aromatic N) is 1. The molecule has 5 heteroatoms. The van der Waals surface area contributed by atoms with Crippen molar-refractivity contribution in [3.05, 3.63) is 52.6 Å². The van der Waals surface area contributed by atoms with Crippen molar-refractivity contribution < 1.29 is 14.6 Å². The number of aromatic hydroxyl groups is 1. The van der Waals surface area contributed by atoms with Crippen molar-refractivity contribution in [3.63, 3.8) is 0 Å². The van der Waals surface area contributed by atoms with Crippen molar-refractivity contribution in [2.75, 3.05) is 12.0 Å². The van der Waals surface area contributed by atoms with Gasteiger partial charge in [-0.1, -0.05) is 37.8 Å². The van der Waals surface area contributed by atoms with Crippen LogP contribution in [0.4, 0.5) is 5.69 Å². The fourth-order valence-corrected chi connectivity index (χ4v) is 5.23. The molecule has 0 saturated carbocycles. The first kappa shape index (κ1) is 21.4. The van der Waals surface area contributed by atoms with Crippen molar-refractivity contribution in [1.82, 2.24) is 0 Å². The smallest absolute Gasteiger partial charge is 0.233 e. The first-order valence-electron chi connectivity index (χ1n) is 10.3. The molecule has 2 aromatic rings. The number of carbonyl (C=O) groups excluding carboxylic acids is 1. The molecule has 1 amide bonds. The van der Waals surface area contributed by atoms with Gasteiger partial charge in [0.15, 0.2) is 0 Å². The van der Waals surface area contributed by atoms with Gasteiger partial charge in [-0.2, -0.15) is 0 Å². The molecule has 2 atom stereocenters. The standard InChI is InChI=1S/C24H33NO3Si/c1-15-8-9-18(13-21(15)26)23-20(10-11-29(5,6)7)24(27)25(23)19-12-16(2)17(3)22(14-19)28-4/h8-9,12-14,20,23,26H,10-11H2,1-7H3/t20-,23+/m1/s1. The highest BCUT2D eigenvalue weighted by atomic mass is 28.3. The summed E-state index contributed by atoms with van der Waals surface area (Å²) in [6.45, 7) is 13.0. The van der Waals surface area contributed by atoms with Crippen LogP contribution in [-0.2, 0) is 4.79 Å². The Morgan fingerprint density at radius 2 is 1.76 bits per heavy atom. The van der Waals surface area contributed by atoms with E-state index in [4.69, 9.17) is 4.74 Å². The van der Waals surface area contributed by atoms with E-state index in [1.54, 1.807) is 7.11 Å². The number of ether oxygens (including phenoxy) is 1. The minimum Gasteiger partial charge on any atom is -0.508 e. The molecule has 2 aromatic carbocycles. The summed E-state index contributed by atoms with van der Waals surface area (Å²) in [6, 6.07) is 10.9. The van der Waals surface area contributed by atoms with E-state index < -0.39 is 8.07 Å². The van der Waals surface area contributed by atoms with Crippen molar-refractivity contribution in [2.24, 2.45) is 5.92 Å². The number of benzene rings is 2. The predicted octanol–water partition coefficient (Wildman–Crippen LogP) is 5.76. The Bertz CT molecular complexity index is 932. The second kappa shape index (κ2) is 7.86. The summed E-state index contributed by atoms with van der Waals surface area (Å²) in [5.74, 6) is 1.20. The lowest BCUT2D eigenvalue weighted by Gasteiger charge is -2.48. The molecule has 1 aliphatic heterocycles. The number of carbonyl (C=O) groups is 1. The maximum atomic E-state index is 13.2. The first-order valence-corrected chi connectivity index (χ1v) is 14.0. The molecule has 1 aliphatic rings. The summed E-state index contributed by atoms with van der Waals surface area (Å²) in [7, 11) is 0.408. The quantitative estimate of drug-likeness (QED) is 0.486. The number of aryl methyl sites for hydroxylation is 2. The number of β-lactam (4-membered cyclic amide) rings is 1. The van der Waals surface area contributed by atoms with Gasteiger partial charge in [-0.15, -0.1) is 0 Å². The van der Waals surface area contributed by atoms with Gasteiger partial charge in [0.2, 0.25) is 5.91 Å². The molecule has 1 N–H and O–H groups in total. The van der Waals surface area contributed by atoms with Crippen LogP contribution in [-0.4, -0.2) is 26.2 Å². The second-order valence-corrected chi connectivity index (χ2v) is 15.1. The SMILES string of the molecule is COc1cc(N2C(=O)[C@H](CC[Si](C)(C)C)[C@@H]2c2ccc(C)c(O)c2)cc(C)c1C. The predicted molar refractivity (Wildman–Crippen MR) is 122 cm³/mol. The molecule has 1 fully saturated rings. The zero-order chi connectivity index (χ0) is 21.5. The van der Waals surface area contributed by atoms with Crippen LogP contribution in [0.25, 0.3) is 0 Å².